The Labute approximate surface area is 302 Å². The zero-order chi connectivity index (χ0) is 34.5. The highest BCUT2D eigenvalue weighted by Gasteiger charge is 2.18. The first-order valence-electron chi connectivity index (χ1n) is 18.2. The Kier molecular flexibility index (Phi) is 6.19. The quantitative estimate of drug-likeness (QED) is 0.165. The smallest absolute Gasteiger partial charge is 0.00143 e. The molecule has 0 saturated carbocycles. The van der Waals surface area contributed by atoms with Crippen LogP contribution in [0.4, 0.5) is 0 Å². The predicted molar refractivity (Wildman–Crippen MR) is 224 cm³/mol. The average molecular weight is 658 g/mol. The lowest BCUT2D eigenvalue weighted by Crippen LogP contribution is -1.91. The fourth-order valence-corrected chi connectivity index (χ4v) is 8.86. The summed E-state index contributed by atoms with van der Waals surface area (Å²) in [5, 5.41) is 15.6. The van der Waals surface area contributed by atoms with Crippen molar-refractivity contribution in [3.05, 3.63) is 181 Å². The largest absolute Gasteiger partial charge is 0.0610 e. The summed E-state index contributed by atoms with van der Waals surface area (Å²) >= 11 is 0. The van der Waals surface area contributed by atoms with Crippen LogP contribution in [0.5, 0.6) is 0 Å². The van der Waals surface area contributed by atoms with Crippen LogP contribution in [0.15, 0.2) is 164 Å². The Balaban J connectivity index is 1.11. The normalized spacial score (nSPS) is 12.0. The Morgan fingerprint density at radius 1 is 0.327 bits per heavy atom. The van der Waals surface area contributed by atoms with Gasteiger partial charge in [0.05, 0.1) is 0 Å². The molecule has 0 aliphatic heterocycles. The molecule has 0 heteroatoms. The Morgan fingerprint density at radius 3 is 1.46 bits per heavy atom. The summed E-state index contributed by atoms with van der Waals surface area (Å²) in [5.74, 6) is 0. The molecule has 11 aromatic rings. The van der Waals surface area contributed by atoms with E-state index in [1.165, 1.54) is 115 Å². The highest BCUT2D eigenvalue weighted by atomic mass is 14.2. The summed E-state index contributed by atoms with van der Waals surface area (Å²) in [6.07, 6.45) is 0. The predicted octanol–water partition coefficient (Wildman–Crippen LogP) is 14.6. The molecule has 0 aromatic heterocycles. The summed E-state index contributed by atoms with van der Waals surface area (Å²) in [6.45, 7) is 4.30. The molecule has 0 unspecified atom stereocenters. The summed E-state index contributed by atoms with van der Waals surface area (Å²) in [6, 6.07) is 64.9. The molecule has 0 heterocycles. The molecule has 0 spiro atoms. The van der Waals surface area contributed by atoms with E-state index in [-0.39, 0.29) is 0 Å². The van der Waals surface area contributed by atoms with Crippen molar-refractivity contribution >= 4 is 64.6 Å². The fraction of sp³-hybridized carbons (Fsp3) is 0.0385. The highest BCUT2D eigenvalue weighted by molar-refractivity contribution is 6.29. The van der Waals surface area contributed by atoms with Gasteiger partial charge in [-0.2, -0.15) is 0 Å². The van der Waals surface area contributed by atoms with Crippen molar-refractivity contribution in [3.8, 4) is 44.5 Å². The number of aryl methyl sites for hydroxylation is 2. The second-order valence-corrected chi connectivity index (χ2v) is 14.5. The molecule has 0 nitrogen and oxygen atoms in total. The van der Waals surface area contributed by atoms with Crippen LogP contribution >= 0.6 is 0 Å². The summed E-state index contributed by atoms with van der Waals surface area (Å²) in [4.78, 5) is 0. The van der Waals surface area contributed by atoms with Gasteiger partial charge in [-0.1, -0.05) is 163 Å². The number of benzene rings is 11. The van der Waals surface area contributed by atoms with E-state index >= 15 is 0 Å². The van der Waals surface area contributed by atoms with Crippen LogP contribution in [0.25, 0.3) is 109 Å². The van der Waals surface area contributed by atoms with Crippen molar-refractivity contribution in [1.29, 1.82) is 0 Å². The van der Waals surface area contributed by atoms with Crippen LogP contribution in [0.3, 0.4) is 0 Å². The Hall–Kier alpha value is -6.50. The Bertz CT molecular complexity index is 3160. The number of rotatable bonds is 4. The van der Waals surface area contributed by atoms with Gasteiger partial charge in [0.15, 0.2) is 0 Å². The van der Waals surface area contributed by atoms with E-state index < -0.39 is 0 Å². The van der Waals surface area contributed by atoms with Crippen molar-refractivity contribution in [1.82, 2.24) is 0 Å². The topological polar surface area (TPSA) is 0 Å². The molecule has 0 saturated heterocycles. The van der Waals surface area contributed by atoms with Crippen LogP contribution < -0.4 is 0 Å². The summed E-state index contributed by atoms with van der Waals surface area (Å²) in [5.41, 5.74) is 12.4. The van der Waals surface area contributed by atoms with E-state index in [0.717, 1.165) is 5.56 Å². The van der Waals surface area contributed by atoms with Gasteiger partial charge < -0.3 is 0 Å². The van der Waals surface area contributed by atoms with Gasteiger partial charge in [-0.15, -0.1) is 0 Å². The van der Waals surface area contributed by atoms with Crippen LogP contribution in [0.2, 0.25) is 0 Å². The molecule has 0 atom stereocenters. The van der Waals surface area contributed by atoms with E-state index in [9.17, 15) is 0 Å². The van der Waals surface area contributed by atoms with Crippen LogP contribution in [-0.2, 0) is 0 Å². The molecular weight excluding hydrogens is 625 g/mol. The molecule has 11 aromatic carbocycles. The first-order valence-corrected chi connectivity index (χ1v) is 18.2. The average Bonchev–Trinajstić information content (AvgIpc) is 3.19. The van der Waals surface area contributed by atoms with E-state index in [0.29, 0.717) is 0 Å². The van der Waals surface area contributed by atoms with Crippen molar-refractivity contribution in [2.45, 2.75) is 13.8 Å². The van der Waals surface area contributed by atoms with Gasteiger partial charge in [0.25, 0.3) is 0 Å². The number of hydrogen-bond donors (Lipinski definition) is 0. The van der Waals surface area contributed by atoms with Gasteiger partial charge in [0.2, 0.25) is 0 Å². The van der Waals surface area contributed by atoms with Crippen LogP contribution in [0.1, 0.15) is 11.1 Å². The summed E-state index contributed by atoms with van der Waals surface area (Å²) in [7, 11) is 0. The van der Waals surface area contributed by atoms with E-state index in [1.54, 1.807) is 0 Å². The van der Waals surface area contributed by atoms with Gasteiger partial charge in [-0.05, 0) is 141 Å². The second kappa shape index (κ2) is 11.0. The van der Waals surface area contributed by atoms with Crippen LogP contribution in [-0.4, -0.2) is 0 Å². The molecule has 0 aliphatic carbocycles. The lowest BCUT2D eigenvalue weighted by molar-refractivity contribution is 1.47. The van der Waals surface area contributed by atoms with Gasteiger partial charge >= 0.3 is 0 Å². The molecule has 0 bridgehead atoms. The standard InChI is InChI=1S/C52H33/c1-31-9-13-33(14-10-31)41-22-17-36-21-25-45-42(23-18-37-20-24-44(41)50(36)51(37)45)38-6-4-7-39(29-38)43-27-28-47-48(34-15-11-32(2)12-16-34)30-40-8-3-5-35-19-26-46(43)52(47)49(35)40/h3-6,8-30H,1-2H3. The molecular formula is C52H33. The molecule has 11 rings (SSSR count). The van der Waals surface area contributed by atoms with Crippen molar-refractivity contribution in [3.63, 3.8) is 0 Å². The third-order valence-corrected chi connectivity index (χ3v) is 11.4. The molecule has 1 radical (unpaired) electrons. The minimum absolute atomic E-state index is 1.11. The van der Waals surface area contributed by atoms with E-state index in [4.69, 9.17) is 0 Å². The Morgan fingerprint density at radius 2 is 0.808 bits per heavy atom. The van der Waals surface area contributed by atoms with Gasteiger partial charge in [-0.3, -0.25) is 0 Å². The van der Waals surface area contributed by atoms with Crippen LogP contribution in [0, 0.1) is 19.9 Å². The maximum absolute atomic E-state index is 3.65. The zero-order valence-electron chi connectivity index (χ0n) is 29.1. The van der Waals surface area contributed by atoms with Crippen molar-refractivity contribution < 1.29 is 0 Å². The molecule has 0 fully saturated rings. The third-order valence-electron chi connectivity index (χ3n) is 11.4. The molecule has 0 aliphatic rings. The second-order valence-electron chi connectivity index (χ2n) is 14.5. The lowest BCUT2D eigenvalue weighted by atomic mass is 9.85. The maximum atomic E-state index is 3.65. The fourth-order valence-electron chi connectivity index (χ4n) is 8.86. The first-order chi connectivity index (χ1) is 25.6. The van der Waals surface area contributed by atoms with Crippen molar-refractivity contribution in [2.75, 3.05) is 0 Å². The van der Waals surface area contributed by atoms with Crippen molar-refractivity contribution in [2.24, 2.45) is 0 Å². The van der Waals surface area contributed by atoms with Gasteiger partial charge in [-0.25, -0.2) is 0 Å². The minimum atomic E-state index is 1.11. The molecule has 241 valence electrons. The lowest BCUT2D eigenvalue weighted by Gasteiger charge is -2.18. The van der Waals surface area contributed by atoms with Gasteiger partial charge in [0, 0.05) is 0 Å². The maximum Gasteiger partial charge on any atom is -0.00143 e. The monoisotopic (exact) mass is 657 g/mol. The zero-order valence-corrected chi connectivity index (χ0v) is 29.1. The first kappa shape index (κ1) is 29.3. The molecule has 52 heavy (non-hydrogen) atoms. The summed E-state index contributed by atoms with van der Waals surface area (Å²) < 4.78 is 0. The van der Waals surface area contributed by atoms with Gasteiger partial charge in [0.1, 0.15) is 0 Å². The van der Waals surface area contributed by atoms with E-state index in [2.05, 4.69) is 184 Å². The van der Waals surface area contributed by atoms with E-state index in [1.807, 2.05) is 0 Å². The number of hydrogen-bond acceptors (Lipinski definition) is 0. The highest BCUT2D eigenvalue weighted by Crippen LogP contribution is 2.46. The minimum Gasteiger partial charge on any atom is -0.0610 e. The molecule has 0 N–H and O–H groups in total. The SMILES string of the molecule is Cc1ccc(-c2ccc3ccc4c(-c5cc[c]c(-c6ccc7c(-c8ccc(C)cc8)cc8cccc9ccc6c7c98)c5)ccc5ccc2c3c54)cc1. The third kappa shape index (κ3) is 4.28. The molecule has 0 amide bonds.